The van der Waals surface area contributed by atoms with Gasteiger partial charge < -0.3 is 10.2 Å². The Morgan fingerprint density at radius 3 is 2.22 bits per heavy atom. The predicted octanol–water partition coefficient (Wildman–Crippen LogP) is 2.28. The Hall–Kier alpha value is -2.22. The van der Waals surface area contributed by atoms with Crippen molar-refractivity contribution in [3.05, 3.63) is 65.2 Å². The number of nitrogens with one attached hydrogen (secondary N) is 1. The number of aryl methyl sites for hydroxylation is 1. The SMILES string of the molecule is Cc1ccc(C(CNC(=O)c2cccc(S(=O)(=O)N(C)C)c2)N(C)C)cc1. The molecule has 0 aliphatic heterocycles. The van der Waals surface area contributed by atoms with Gasteiger partial charge >= 0.3 is 0 Å². The molecule has 1 unspecified atom stereocenters. The van der Waals surface area contributed by atoms with Crippen molar-refractivity contribution in [2.24, 2.45) is 0 Å². The van der Waals surface area contributed by atoms with E-state index in [1.807, 2.05) is 38.1 Å². The van der Waals surface area contributed by atoms with E-state index in [9.17, 15) is 13.2 Å². The van der Waals surface area contributed by atoms with Crippen LogP contribution in [0.25, 0.3) is 0 Å². The smallest absolute Gasteiger partial charge is 0.251 e. The average molecular weight is 390 g/mol. The molecular formula is C20H27N3O3S. The van der Waals surface area contributed by atoms with Crippen molar-refractivity contribution in [1.82, 2.24) is 14.5 Å². The van der Waals surface area contributed by atoms with E-state index in [-0.39, 0.29) is 16.8 Å². The van der Waals surface area contributed by atoms with Crippen LogP contribution in [0.1, 0.15) is 27.5 Å². The van der Waals surface area contributed by atoms with E-state index < -0.39 is 10.0 Å². The molecule has 1 N–H and O–H groups in total. The van der Waals surface area contributed by atoms with E-state index >= 15 is 0 Å². The third kappa shape index (κ3) is 5.15. The number of likely N-dealkylation sites (N-methyl/N-ethyl adjacent to an activating group) is 1. The van der Waals surface area contributed by atoms with Gasteiger partial charge in [-0.25, -0.2) is 12.7 Å². The summed E-state index contributed by atoms with van der Waals surface area (Å²) in [7, 11) is 3.27. The maximum atomic E-state index is 12.6. The van der Waals surface area contributed by atoms with Gasteiger partial charge in [0.25, 0.3) is 5.91 Å². The van der Waals surface area contributed by atoms with Gasteiger partial charge in [0.05, 0.1) is 10.9 Å². The quantitative estimate of drug-likeness (QED) is 0.789. The van der Waals surface area contributed by atoms with Gasteiger partial charge in [-0.05, 0) is 44.8 Å². The molecule has 0 saturated heterocycles. The van der Waals surface area contributed by atoms with E-state index in [1.165, 1.54) is 31.8 Å². The lowest BCUT2D eigenvalue weighted by molar-refractivity contribution is 0.0941. The Labute approximate surface area is 161 Å². The molecule has 6 nitrogen and oxygen atoms in total. The summed E-state index contributed by atoms with van der Waals surface area (Å²) in [6, 6.07) is 14.3. The molecule has 0 saturated carbocycles. The Morgan fingerprint density at radius 1 is 1.04 bits per heavy atom. The summed E-state index contributed by atoms with van der Waals surface area (Å²) in [5, 5.41) is 2.91. The molecule has 0 heterocycles. The number of carbonyl (C=O) groups is 1. The molecule has 0 aromatic heterocycles. The lowest BCUT2D eigenvalue weighted by atomic mass is 10.0. The van der Waals surface area contributed by atoms with Crippen LogP contribution in [0.15, 0.2) is 53.4 Å². The lowest BCUT2D eigenvalue weighted by Gasteiger charge is -2.25. The summed E-state index contributed by atoms with van der Waals surface area (Å²) in [5.41, 5.74) is 2.60. The zero-order valence-electron chi connectivity index (χ0n) is 16.4. The van der Waals surface area contributed by atoms with Crippen LogP contribution in [-0.4, -0.2) is 58.3 Å². The minimum Gasteiger partial charge on any atom is -0.350 e. The highest BCUT2D eigenvalue weighted by molar-refractivity contribution is 7.89. The molecule has 0 spiro atoms. The van der Waals surface area contributed by atoms with Crippen molar-refractivity contribution in [2.45, 2.75) is 17.9 Å². The van der Waals surface area contributed by atoms with E-state index in [1.54, 1.807) is 12.1 Å². The number of rotatable bonds is 7. The number of carbonyl (C=O) groups excluding carboxylic acids is 1. The second-order valence-electron chi connectivity index (χ2n) is 6.92. The Morgan fingerprint density at radius 2 is 1.67 bits per heavy atom. The molecule has 2 rings (SSSR count). The van der Waals surface area contributed by atoms with Gasteiger partial charge in [-0.3, -0.25) is 4.79 Å². The van der Waals surface area contributed by atoms with Gasteiger partial charge in [0.15, 0.2) is 0 Å². The van der Waals surface area contributed by atoms with Crippen molar-refractivity contribution >= 4 is 15.9 Å². The number of hydrogen-bond acceptors (Lipinski definition) is 4. The first-order valence-corrected chi connectivity index (χ1v) is 10.1. The first-order chi connectivity index (χ1) is 12.6. The highest BCUT2D eigenvalue weighted by Crippen LogP contribution is 2.19. The number of benzene rings is 2. The lowest BCUT2D eigenvalue weighted by Crippen LogP contribution is -2.34. The summed E-state index contributed by atoms with van der Waals surface area (Å²) >= 11 is 0. The molecule has 2 aromatic carbocycles. The van der Waals surface area contributed by atoms with Gasteiger partial charge in [0.1, 0.15) is 0 Å². The number of amides is 1. The van der Waals surface area contributed by atoms with Crippen molar-refractivity contribution < 1.29 is 13.2 Å². The fourth-order valence-electron chi connectivity index (χ4n) is 2.69. The molecule has 0 aliphatic carbocycles. The molecule has 1 amide bonds. The molecule has 0 radical (unpaired) electrons. The van der Waals surface area contributed by atoms with Crippen LogP contribution in [0.5, 0.6) is 0 Å². The third-order valence-electron chi connectivity index (χ3n) is 4.42. The molecule has 0 bridgehead atoms. The molecule has 1 atom stereocenters. The van der Waals surface area contributed by atoms with Gasteiger partial charge in [-0.1, -0.05) is 35.9 Å². The van der Waals surface area contributed by atoms with Gasteiger partial charge in [-0.2, -0.15) is 0 Å². The normalized spacial score (nSPS) is 13.0. The van der Waals surface area contributed by atoms with Crippen LogP contribution < -0.4 is 5.32 Å². The fourth-order valence-corrected chi connectivity index (χ4v) is 3.64. The molecule has 0 aliphatic rings. The summed E-state index contributed by atoms with van der Waals surface area (Å²) in [6.07, 6.45) is 0. The van der Waals surface area contributed by atoms with E-state index in [0.29, 0.717) is 12.1 Å². The highest BCUT2D eigenvalue weighted by atomic mass is 32.2. The van der Waals surface area contributed by atoms with Crippen molar-refractivity contribution in [1.29, 1.82) is 0 Å². The summed E-state index contributed by atoms with van der Waals surface area (Å²) < 4.78 is 25.7. The van der Waals surface area contributed by atoms with Crippen molar-refractivity contribution in [3.8, 4) is 0 Å². The first-order valence-electron chi connectivity index (χ1n) is 8.66. The molecule has 27 heavy (non-hydrogen) atoms. The average Bonchev–Trinajstić information content (AvgIpc) is 2.62. The zero-order chi connectivity index (χ0) is 20.2. The van der Waals surface area contributed by atoms with Gasteiger partial charge in [0, 0.05) is 26.2 Å². The van der Waals surface area contributed by atoms with Crippen molar-refractivity contribution in [3.63, 3.8) is 0 Å². The summed E-state index contributed by atoms with van der Waals surface area (Å²) in [6.45, 7) is 2.45. The second-order valence-corrected chi connectivity index (χ2v) is 9.07. The Kier molecular flexibility index (Phi) is 6.75. The molecular weight excluding hydrogens is 362 g/mol. The predicted molar refractivity (Wildman–Crippen MR) is 107 cm³/mol. The fraction of sp³-hybridized carbons (Fsp3) is 0.350. The number of nitrogens with zero attached hydrogens (tertiary/aromatic N) is 2. The minimum atomic E-state index is -3.58. The zero-order valence-corrected chi connectivity index (χ0v) is 17.2. The van der Waals surface area contributed by atoms with Crippen LogP contribution >= 0.6 is 0 Å². The van der Waals surface area contributed by atoms with Crippen LogP contribution in [0, 0.1) is 6.92 Å². The number of hydrogen-bond donors (Lipinski definition) is 1. The van der Waals surface area contributed by atoms with Gasteiger partial charge in [-0.15, -0.1) is 0 Å². The van der Waals surface area contributed by atoms with E-state index in [4.69, 9.17) is 0 Å². The van der Waals surface area contributed by atoms with Crippen LogP contribution in [0.4, 0.5) is 0 Å². The standard InChI is InChI=1S/C20H27N3O3S/c1-15-9-11-16(12-10-15)19(22(2)3)14-21-20(24)17-7-6-8-18(13-17)27(25,26)23(4)5/h6-13,19H,14H2,1-5H3,(H,21,24). The molecule has 0 fully saturated rings. The van der Waals surface area contributed by atoms with Gasteiger partial charge in [0.2, 0.25) is 10.0 Å². The monoisotopic (exact) mass is 389 g/mol. The first kappa shape index (κ1) is 21.1. The van der Waals surface area contributed by atoms with Crippen LogP contribution in [0.2, 0.25) is 0 Å². The molecule has 2 aromatic rings. The van der Waals surface area contributed by atoms with E-state index in [2.05, 4.69) is 17.4 Å². The maximum absolute atomic E-state index is 12.6. The topological polar surface area (TPSA) is 69.7 Å². The Balaban J connectivity index is 2.15. The summed E-state index contributed by atoms with van der Waals surface area (Å²) in [4.78, 5) is 14.7. The van der Waals surface area contributed by atoms with Crippen molar-refractivity contribution in [2.75, 3.05) is 34.7 Å². The van der Waals surface area contributed by atoms with Crippen LogP contribution in [-0.2, 0) is 10.0 Å². The highest BCUT2D eigenvalue weighted by Gasteiger charge is 2.20. The van der Waals surface area contributed by atoms with E-state index in [0.717, 1.165) is 9.87 Å². The minimum absolute atomic E-state index is 0.0169. The Bertz CT molecular complexity index is 891. The number of sulfonamides is 1. The third-order valence-corrected chi connectivity index (χ3v) is 6.23. The molecule has 146 valence electrons. The molecule has 7 heteroatoms. The largest absolute Gasteiger partial charge is 0.350 e. The summed E-state index contributed by atoms with van der Waals surface area (Å²) in [5.74, 6) is -0.301. The maximum Gasteiger partial charge on any atom is 0.251 e. The second kappa shape index (κ2) is 8.65. The van der Waals surface area contributed by atoms with Crippen LogP contribution in [0.3, 0.4) is 0 Å².